The van der Waals surface area contributed by atoms with Crippen molar-refractivity contribution in [2.45, 2.75) is 26.7 Å². The topological polar surface area (TPSA) is 51.8 Å². The molecule has 0 aliphatic carbocycles. The van der Waals surface area contributed by atoms with Crippen molar-refractivity contribution in [1.29, 1.82) is 0 Å². The SMILES string of the molecule is CCOC(CNC(=S)NOCc1ccccc1)OCC. The van der Waals surface area contributed by atoms with Crippen LogP contribution in [0.3, 0.4) is 0 Å². The molecule has 0 radical (unpaired) electrons. The van der Waals surface area contributed by atoms with Crippen LogP contribution in [0, 0.1) is 0 Å². The van der Waals surface area contributed by atoms with E-state index in [1.807, 2.05) is 44.2 Å². The molecule has 0 aliphatic rings. The third-order valence-electron chi connectivity index (χ3n) is 2.38. The van der Waals surface area contributed by atoms with E-state index >= 15 is 0 Å². The Morgan fingerprint density at radius 2 is 1.80 bits per heavy atom. The minimum atomic E-state index is -0.307. The highest BCUT2D eigenvalue weighted by Gasteiger charge is 2.08. The molecule has 0 spiro atoms. The van der Waals surface area contributed by atoms with Crippen molar-refractivity contribution < 1.29 is 14.3 Å². The minimum Gasteiger partial charge on any atom is -0.356 e. The molecule has 0 bridgehead atoms. The third kappa shape index (κ3) is 7.40. The second kappa shape index (κ2) is 10.6. The molecule has 1 aromatic carbocycles. The van der Waals surface area contributed by atoms with Gasteiger partial charge in [-0.2, -0.15) is 0 Å². The summed E-state index contributed by atoms with van der Waals surface area (Å²) in [5, 5.41) is 3.39. The number of hydrogen-bond acceptors (Lipinski definition) is 4. The van der Waals surface area contributed by atoms with Gasteiger partial charge in [-0.1, -0.05) is 30.3 Å². The third-order valence-corrected chi connectivity index (χ3v) is 2.61. The summed E-state index contributed by atoms with van der Waals surface area (Å²) in [4.78, 5) is 5.30. The van der Waals surface area contributed by atoms with E-state index in [4.69, 9.17) is 26.5 Å². The second-order valence-corrected chi connectivity index (χ2v) is 4.33. The molecule has 0 unspecified atom stereocenters. The Hall–Kier alpha value is -1.21. The molecule has 0 aromatic heterocycles. The number of rotatable bonds is 9. The highest BCUT2D eigenvalue weighted by molar-refractivity contribution is 7.80. The number of benzene rings is 1. The Kier molecular flexibility index (Phi) is 8.90. The van der Waals surface area contributed by atoms with Gasteiger partial charge in [0.25, 0.3) is 0 Å². The van der Waals surface area contributed by atoms with Crippen LogP contribution in [0.25, 0.3) is 0 Å². The van der Waals surface area contributed by atoms with E-state index in [1.54, 1.807) is 0 Å². The predicted molar refractivity (Wildman–Crippen MR) is 82.0 cm³/mol. The summed E-state index contributed by atoms with van der Waals surface area (Å²) >= 11 is 5.10. The van der Waals surface area contributed by atoms with Crippen molar-refractivity contribution in [3.63, 3.8) is 0 Å². The molecule has 0 saturated carbocycles. The van der Waals surface area contributed by atoms with Gasteiger partial charge >= 0.3 is 0 Å². The Morgan fingerprint density at radius 3 is 2.40 bits per heavy atom. The molecule has 112 valence electrons. The molecule has 6 heteroatoms. The smallest absolute Gasteiger partial charge is 0.190 e. The zero-order valence-electron chi connectivity index (χ0n) is 11.9. The van der Waals surface area contributed by atoms with Gasteiger partial charge in [-0.05, 0) is 31.6 Å². The Bertz CT molecular complexity index is 370. The summed E-state index contributed by atoms with van der Waals surface area (Å²) in [7, 11) is 0. The molecule has 0 saturated heterocycles. The highest BCUT2D eigenvalue weighted by atomic mass is 32.1. The van der Waals surface area contributed by atoms with Crippen LogP contribution in [0.15, 0.2) is 30.3 Å². The average Bonchev–Trinajstić information content (AvgIpc) is 2.46. The van der Waals surface area contributed by atoms with E-state index < -0.39 is 0 Å². The lowest BCUT2D eigenvalue weighted by atomic mass is 10.2. The number of hydroxylamine groups is 1. The normalized spacial score (nSPS) is 10.6. The molecule has 5 nitrogen and oxygen atoms in total. The van der Waals surface area contributed by atoms with Crippen LogP contribution in [0.1, 0.15) is 19.4 Å². The van der Waals surface area contributed by atoms with E-state index in [9.17, 15) is 0 Å². The standard InChI is InChI=1S/C14H22N2O3S/c1-3-17-13(18-4-2)10-15-14(20)16-19-11-12-8-6-5-7-9-12/h5-9,13H,3-4,10-11H2,1-2H3,(H2,15,16,20). The lowest BCUT2D eigenvalue weighted by molar-refractivity contribution is -0.131. The van der Waals surface area contributed by atoms with Crippen molar-refractivity contribution in [2.75, 3.05) is 19.8 Å². The van der Waals surface area contributed by atoms with Crippen LogP contribution in [0.4, 0.5) is 0 Å². The molecular formula is C14H22N2O3S. The summed E-state index contributed by atoms with van der Waals surface area (Å²) in [6.07, 6.45) is -0.307. The van der Waals surface area contributed by atoms with Crippen LogP contribution in [-0.2, 0) is 20.9 Å². The molecule has 20 heavy (non-hydrogen) atoms. The molecule has 0 aliphatic heterocycles. The fourth-order valence-corrected chi connectivity index (χ4v) is 1.65. The van der Waals surface area contributed by atoms with Gasteiger partial charge in [0, 0.05) is 13.2 Å². The van der Waals surface area contributed by atoms with Gasteiger partial charge < -0.3 is 14.8 Å². The zero-order valence-corrected chi connectivity index (χ0v) is 12.7. The second-order valence-electron chi connectivity index (χ2n) is 3.93. The van der Waals surface area contributed by atoms with E-state index in [1.165, 1.54) is 0 Å². The maximum absolute atomic E-state index is 5.39. The van der Waals surface area contributed by atoms with Crippen molar-refractivity contribution in [1.82, 2.24) is 10.8 Å². The highest BCUT2D eigenvalue weighted by Crippen LogP contribution is 1.99. The number of nitrogens with one attached hydrogen (secondary N) is 2. The Balaban J connectivity index is 2.16. The summed E-state index contributed by atoms with van der Waals surface area (Å²) in [6, 6.07) is 9.86. The van der Waals surface area contributed by atoms with Gasteiger partial charge in [0.15, 0.2) is 11.4 Å². The van der Waals surface area contributed by atoms with Gasteiger partial charge in [0.2, 0.25) is 0 Å². The maximum Gasteiger partial charge on any atom is 0.190 e. The molecule has 1 aromatic rings. The van der Waals surface area contributed by atoms with Crippen molar-refractivity contribution >= 4 is 17.3 Å². The van der Waals surface area contributed by atoms with Crippen molar-refractivity contribution in [3.05, 3.63) is 35.9 Å². The van der Waals surface area contributed by atoms with Crippen molar-refractivity contribution in [2.24, 2.45) is 0 Å². The van der Waals surface area contributed by atoms with Gasteiger partial charge in [0.1, 0.15) is 0 Å². The predicted octanol–water partition coefficient (Wildman–Crippen LogP) is 1.98. The molecule has 0 amide bonds. The van der Waals surface area contributed by atoms with Crippen LogP contribution >= 0.6 is 12.2 Å². The molecule has 1 rings (SSSR count). The quantitative estimate of drug-likeness (QED) is 0.413. The van der Waals surface area contributed by atoms with E-state index in [0.29, 0.717) is 31.5 Å². The summed E-state index contributed by atoms with van der Waals surface area (Å²) in [5.41, 5.74) is 3.75. The van der Waals surface area contributed by atoms with Gasteiger partial charge in [-0.15, -0.1) is 0 Å². The first-order valence-corrected chi connectivity index (χ1v) is 7.09. The van der Waals surface area contributed by atoms with Gasteiger partial charge in [-0.25, -0.2) is 5.48 Å². The van der Waals surface area contributed by atoms with Crippen LogP contribution in [0.2, 0.25) is 0 Å². The van der Waals surface area contributed by atoms with E-state index in [0.717, 1.165) is 5.56 Å². The number of ether oxygens (including phenoxy) is 2. The first kappa shape index (κ1) is 16.8. The fourth-order valence-electron chi connectivity index (χ4n) is 1.51. The zero-order chi connectivity index (χ0) is 14.6. The Morgan fingerprint density at radius 1 is 1.15 bits per heavy atom. The summed E-state index contributed by atoms with van der Waals surface area (Å²) < 4.78 is 10.8. The lowest BCUT2D eigenvalue weighted by Gasteiger charge is -2.18. The largest absolute Gasteiger partial charge is 0.356 e. The maximum atomic E-state index is 5.39. The lowest BCUT2D eigenvalue weighted by Crippen LogP contribution is -2.41. The molecule has 0 heterocycles. The minimum absolute atomic E-state index is 0.307. The first-order valence-electron chi connectivity index (χ1n) is 6.69. The van der Waals surface area contributed by atoms with Crippen LogP contribution in [0.5, 0.6) is 0 Å². The van der Waals surface area contributed by atoms with Crippen molar-refractivity contribution in [3.8, 4) is 0 Å². The molecular weight excluding hydrogens is 276 g/mol. The van der Waals surface area contributed by atoms with E-state index in [2.05, 4.69) is 10.8 Å². The average molecular weight is 298 g/mol. The van der Waals surface area contributed by atoms with Gasteiger partial charge in [0.05, 0.1) is 13.2 Å². The fraction of sp³-hybridized carbons (Fsp3) is 0.500. The molecule has 2 N–H and O–H groups in total. The van der Waals surface area contributed by atoms with E-state index in [-0.39, 0.29) is 6.29 Å². The Labute approximate surface area is 125 Å². The van der Waals surface area contributed by atoms with Gasteiger partial charge in [-0.3, -0.25) is 4.84 Å². The van der Waals surface area contributed by atoms with Crippen LogP contribution < -0.4 is 10.8 Å². The first-order chi connectivity index (χ1) is 9.76. The monoisotopic (exact) mass is 298 g/mol. The number of hydrogen-bond donors (Lipinski definition) is 2. The number of thiocarbonyl (C=S) groups is 1. The molecule has 0 atom stereocenters. The summed E-state index contributed by atoms with van der Waals surface area (Å²) in [5.74, 6) is 0. The molecule has 0 fully saturated rings. The summed E-state index contributed by atoms with van der Waals surface area (Å²) in [6.45, 7) is 5.95. The van der Waals surface area contributed by atoms with Crippen LogP contribution in [-0.4, -0.2) is 31.2 Å².